The Balaban J connectivity index is 0.00000289. The van der Waals surface area contributed by atoms with Crippen LogP contribution in [0.2, 0.25) is 0 Å². The molecule has 0 spiro atoms. The fraction of sp³-hybridized carbons (Fsp3) is 0.333. The zero-order valence-corrected chi connectivity index (χ0v) is 11.0. The predicted molar refractivity (Wildman–Crippen MR) is 73.1 cm³/mol. The molecule has 18 heavy (non-hydrogen) atoms. The van der Waals surface area contributed by atoms with Crippen LogP contribution < -0.4 is 16.4 Å². The van der Waals surface area contributed by atoms with Gasteiger partial charge in [-0.2, -0.15) is 0 Å². The molecule has 0 radical (unpaired) electrons. The number of amides is 2. The SMILES string of the molecule is CNCCCNC(=O)c1cccc(C(N)=O)c1.Cl. The minimum atomic E-state index is -0.533. The summed E-state index contributed by atoms with van der Waals surface area (Å²) < 4.78 is 0. The molecule has 0 aliphatic heterocycles. The smallest absolute Gasteiger partial charge is 0.251 e. The summed E-state index contributed by atoms with van der Waals surface area (Å²) >= 11 is 0. The van der Waals surface area contributed by atoms with Crippen LogP contribution in [0.5, 0.6) is 0 Å². The molecule has 0 saturated carbocycles. The summed E-state index contributed by atoms with van der Waals surface area (Å²) in [6, 6.07) is 6.37. The molecule has 100 valence electrons. The maximum Gasteiger partial charge on any atom is 0.251 e. The van der Waals surface area contributed by atoms with Crippen LogP contribution in [0.1, 0.15) is 27.1 Å². The number of nitrogens with one attached hydrogen (secondary N) is 2. The first-order valence-electron chi connectivity index (χ1n) is 5.48. The van der Waals surface area contributed by atoms with E-state index in [1.165, 1.54) is 6.07 Å². The number of primary amides is 1. The first kappa shape index (κ1) is 16.4. The fourth-order valence-corrected chi connectivity index (χ4v) is 1.38. The van der Waals surface area contributed by atoms with E-state index in [1.54, 1.807) is 18.2 Å². The molecule has 1 rings (SSSR count). The van der Waals surface area contributed by atoms with Crippen LogP contribution >= 0.6 is 12.4 Å². The lowest BCUT2D eigenvalue weighted by molar-refractivity contribution is 0.0953. The lowest BCUT2D eigenvalue weighted by atomic mass is 10.1. The summed E-state index contributed by atoms with van der Waals surface area (Å²) in [4.78, 5) is 22.7. The van der Waals surface area contributed by atoms with E-state index < -0.39 is 5.91 Å². The van der Waals surface area contributed by atoms with Gasteiger partial charge < -0.3 is 16.4 Å². The van der Waals surface area contributed by atoms with Gasteiger partial charge in [-0.25, -0.2) is 0 Å². The maximum atomic E-state index is 11.7. The van der Waals surface area contributed by atoms with Crippen LogP contribution in [0.3, 0.4) is 0 Å². The van der Waals surface area contributed by atoms with Gasteiger partial charge in [0.05, 0.1) is 0 Å². The Morgan fingerprint density at radius 3 is 2.50 bits per heavy atom. The summed E-state index contributed by atoms with van der Waals surface area (Å²) in [7, 11) is 1.86. The van der Waals surface area contributed by atoms with Gasteiger partial charge in [-0.05, 0) is 38.2 Å². The molecule has 1 aromatic carbocycles. The molecule has 1 aromatic rings. The summed E-state index contributed by atoms with van der Waals surface area (Å²) in [5.41, 5.74) is 5.93. The van der Waals surface area contributed by atoms with Crippen LogP contribution in [0, 0.1) is 0 Å². The van der Waals surface area contributed by atoms with Crippen LogP contribution in [-0.4, -0.2) is 32.0 Å². The Morgan fingerprint density at radius 2 is 1.89 bits per heavy atom. The van der Waals surface area contributed by atoms with Gasteiger partial charge in [0.1, 0.15) is 0 Å². The Bertz CT molecular complexity index is 410. The van der Waals surface area contributed by atoms with Gasteiger partial charge in [0.15, 0.2) is 0 Å². The third-order valence-electron chi connectivity index (χ3n) is 2.30. The molecular weight excluding hydrogens is 254 g/mol. The Morgan fingerprint density at radius 1 is 1.22 bits per heavy atom. The number of rotatable bonds is 6. The minimum absolute atomic E-state index is 0. The zero-order chi connectivity index (χ0) is 12.7. The number of benzene rings is 1. The van der Waals surface area contributed by atoms with Crippen molar-refractivity contribution < 1.29 is 9.59 Å². The summed E-state index contributed by atoms with van der Waals surface area (Å²) in [5, 5.41) is 5.76. The van der Waals surface area contributed by atoms with Crippen molar-refractivity contribution in [1.82, 2.24) is 10.6 Å². The molecule has 0 fully saturated rings. The molecule has 0 aliphatic carbocycles. The molecule has 0 unspecified atom stereocenters. The molecule has 0 atom stereocenters. The van der Waals surface area contributed by atoms with Crippen molar-refractivity contribution >= 4 is 24.2 Å². The molecule has 0 aromatic heterocycles. The lowest BCUT2D eigenvalue weighted by Crippen LogP contribution is -2.26. The second-order valence-corrected chi connectivity index (χ2v) is 3.66. The van der Waals surface area contributed by atoms with Gasteiger partial charge >= 0.3 is 0 Å². The van der Waals surface area contributed by atoms with Crippen molar-refractivity contribution in [3.63, 3.8) is 0 Å². The normalized spacial score (nSPS) is 9.39. The molecule has 2 amide bonds. The maximum absolute atomic E-state index is 11.7. The highest BCUT2D eigenvalue weighted by molar-refractivity contribution is 5.99. The van der Waals surface area contributed by atoms with Crippen molar-refractivity contribution in [3.8, 4) is 0 Å². The van der Waals surface area contributed by atoms with E-state index in [9.17, 15) is 9.59 Å². The molecule has 4 N–H and O–H groups in total. The number of hydrogen-bond acceptors (Lipinski definition) is 3. The molecule has 6 heteroatoms. The van der Waals surface area contributed by atoms with E-state index in [4.69, 9.17) is 5.73 Å². The average Bonchev–Trinajstić information content (AvgIpc) is 2.34. The van der Waals surface area contributed by atoms with E-state index in [0.29, 0.717) is 17.7 Å². The van der Waals surface area contributed by atoms with Crippen molar-refractivity contribution in [3.05, 3.63) is 35.4 Å². The van der Waals surface area contributed by atoms with Gasteiger partial charge in [0, 0.05) is 17.7 Å². The third kappa shape index (κ3) is 5.16. The Hall–Kier alpha value is -1.59. The predicted octanol–water partition coefficient (Wildman–Crippen LogP) is 0.547. The van der Waals surface area contributed by atoms with Crippen molar-refractivity contribution in [2.24, 2.45) is 5.73 Å². The number of nitrogens with two attached hydrogens (primary N) is 1. The lowest BCUT2D eigenvalue weighted by Gasteiger charge is -2.05. The van der Waals surface area contributed by atoms with Crippen LogP contribution in [0.25, 0.3) is 0 Å². The topological polar surface area (TPSA) is 84.2 Å². The number of carbonyl (C=O) groups excluding carboxylic acids is 2. The Kier molecular flexibility index (Phi) is 7.74. The van der Waals surface area contributed by atoms with Crippen molar-refractivity contribution in [2.75, 3.05) is 20.1 Å². The van der Waals surface area contributed by atoms with Crippen molar-refractivity contribution in [2.45, 2.75) is 6.42 Å². The molecule has 0 aliphatic rings. The molecule has 0 heterocycles. The number of carbonyl (C=O) groups is 2. The van der Waals surface area contributed by atoms with E-state index >= 15 is 0 Å². The average molecular weight is 272 g/mol. The van der Waals surface area contributed by atoms with Crippen LogP contribution in [0.4, 0.5) is 0 Å². The van der Waals surface area contributed by atoms with E-state index in [-0.39, 0.29) is 18.3 Å². The highest BCUT2D eigenvalue weighted by atomic mass is 35.5. The van der Waals surface area contributed by atoms with Crippen LogP contribution in [-0.2, 0) is 0 Å². The third-order valence-corrected chi connectivity index (χ3v) is 2.30. The first-order valence-corrected chi connectivity index (χ1v) is 5.48. The van der Waals surface area contributed by atoms with Gasteiger partial charge in [0.25, 0.3) is 5.91 Å². The monoisotopic (exact) mass is 271 g/mol. The minimum Gasteiger partial charge on any atom is -0.366 e. The highest BCUT2D eigenvalue weighted by Crippen LogP contribution is 2.04. The fourth-order valence-electron chi connectivity index (χ4n) is 1.38. The van der Waals surface area contributed by atoms with E-state index in [2.05, 4.69) is 10.6 Å². The van der Waals surface area contributed by atoms with Gasteiger partial charge in [0.2, 0.25) is 5.91 Å². The summed E-state index contributed by atoms with van der Waals surface area (Å²) in [5.74, 6) is -0.723. The zero-order valence-electron chi connectivity index (χ0n) is 10.2. The Labute approximate surface area is 113 Å². The molecular formula is C12H18ClN3O2. The molecule has 5 nitrogen and oxygen atoms in total. The highest BCUT2D eigenvalue weighted by Gasteiger charge is 2.07. The van der Waals surface area contributed by atoms with E-state index in [1.807, 2.05) is 7.05 Å². The molecule has 0 saturated heterocycles. The van der Waals surface area contributed by atoms with Crippen LogP contribution in [0.15, 0.2) is 24.3 Å². The summed E-state index contributed by atoms with van der Waals surface area (Å²) in [6.45, 7) is 1.45. The quantitative estimate of drug-likeness (QED) is 0.661. The largest absolute Gasteiger partial charge is 0.366 e. The van der Waals surface area contributed by atoms with E-state index in [0.717, 1.165) is 13.0 Å². The second-order valence-electron chi connectivity index (χ2n) is 3.66. The van der Waals surface area contributed by atoms with Gasteiger partial charge in [-0.15, -0.1) is 12.4 Å². The summed E-state index contributed by atoms with van der Waals surface area (Å²) in [6.07, 6.45) is 0.859. The first-order chi connectivity index (χ1) is 8.15. The molecule has 0 bridgehead atoms. The number of hydrogen-bond donors (Lipinski definition) is 3. The van der Waals surface area contributed by atoms with Crippen molar-refractivity contribution in [1.29, 1.82) is 0 Å². The van der Waals surface area contributed by atoms with Gasteiger partial charge in [-0.1, -0.05) is 6.07 Å². The standard InChI is InChI=1S/C12H17N3O2.ClH/c1-14-6-3-7-15-12(17)10-5-2-4-9(8-10)11(13)16;/h2,4-5,8,14H,3,6-7H2,1H3,(H2,13,16)(H,15,17);1H. The number of halogens is 1. The van der Waals surface area contributed by atoms with Gasteiger partial charge in [-0.3, -0.25) is 9.59 Å². The second kappa shape index (κ2) is 8.49.